The molecule has 4 aromatic rings. The van der Waals surface area contributed by atoms with Gasteiger partial charge in [0.25, 0.3) is 5.56 Å². The molecular weight excluding hydrogens is 463 g/mol. The summed E-state index contributed by atoms with van der Waals surface area (Å²) in [5.74, 6) is -0.883. The first-order valence-electron chi connectivity index (χ1n) is 9.24. The van der Waals surface area contributed by atoms with Gasteiger partial charge in [-0.05, 0) is 19.1 Å². The van der Waals surface area contributed by atoms with Crippen molar-refractivity contribution >= 4 is 34.3 Å². The van der Waals surface area contributed by atoms with Crippen LogP contribution in [0.25, 0.3) is 16.7 Å². The van der Waals surface area contributed by atoms with E-state index >= 15 is 0 Å². The number of H-pyrrole nitrogens is 1. The van der Waals surface area contributed by atoms with Gasteiger partial charge in [-0.3, -0.25) is 9.89 Å². The lowest BCUT2D eigenvalue weighted by Gasteiger charge is -2.20. The molecule has 0 unspecified atom stereocenters. The van der Waals surface area contributed by atoms with E-state index in [-0.39, 0.29) is 27.6 Å². The monoisotopic (exact) mass is 475 g/mol. The van der Waals surface area contributed by atoms with Gasteiger partial charge >= 0.3 is 6.18 Å². The van der Waals surface area contributed by atoms with Crippen LogP contribution in [0.15, 0.2) is 35.3 Å². The van der Waals surface area contributed by atoms with Crippen LogP contribution in [0.5, 0.6) is 0 Å². The smallest absolute Gasteiger partial charge is 0.368 e. The first kappa shape index (κ1) is 22.0. The molecule has 0 amide bonds. The number of nitriles is 1. The second kappa shape index (κ2) is 8.06. The maximum atomic E-state index is 13.4. The van der Waals surface area contributed by atoms with Crippen LogP contribution < -0.4 is 16.6 Å². The SMILES string of the molecule is C[C@H](Nc1nc(N)nc(C(F)(F)F)c1C#N)c1nc2cccc(Cl)c2c(=O)n1-c1cc[nH]n1. The van der Waals surface area contributed by atoms with Crippen molar-refractivity contribution in [1.82, 2.24) is 29.7 Å². The maximum absolute atomic E-state index is 13.4. The molecule has 0 aliphatic heterocycles. The fraction of sp³-hybridized carbons (Fsp3) is 0.158. The molecule has 10 nitrogen and oxygen atoms in total. The number of alkyl halides is 3. The van der Waals surface area contributed by atoms with Gasteiger partial charge in [-0.2, -0.15) is 28.5 Å². The van der Waals surface area contributed by atoms with Crippen molar-refractivity contribution in [2.45, 2.75) is 19.1 Å². The Balaban J connectivity index is 1.91. The number of aromatic amines is 1. The van der Waals surface area contributed by atoms with Gasteiger partial charge in [0.1, 0.15) is 17.5 Å². The average Bonchev–Trinajstić information content (AvgIpc) is 3.26. The highest BCUT2D eigenvalue weighted by molar-refractivity contribution is 6.35. The summed E-state index contributed by atoms with van der Waals surface area (Å²) in [5.41, 5.74) is 2.85. The molecule has 3 heterocycles. The van der Waals surface area contributed by atoms with Gasteiger partial charge in [0.2, 0.25) is 5.95 Å². The lowest BCUT2D eigenvalue weighted by Crippen LogP contribution is -2.28. The Morgan fingerprint density at radius 1 is 1.27 bits per heavy atom. The van der Waals surface area contributed by atoms with E-state index in [1.165, 1.54) is 31.3 Å². The number of fused-ring (bicyclic) bond motifs is 1. The standard InChI is InChI=1S/C19H13ClF3N9O/c1-8(27-15-9(7-24)14(19(21,22)23)29-18(25)30-15)16-28-11-4-2-3-10(20)13(11)17(33)32(16)12-5-6-26-31-12/h2-6,8H,1H3,(H,26,31)(H3,25,27,29,30)/t8-/m0/s1. The van der Waals surface area contributed by atoms with E-state index in [4.69, 9.17) is 17.3 Å². The van der Waals surface area contributed by atoms with Gasteiger partial charge < -0.3 is 11.1 Å². The third kappa shape index (κ3) is 3.92. The summed E-state index contributed by atoms with van der Waals surface area (Å²) in [5, 5.41) is 18.9. The minimum atomic E-state index is -4.93. The summed E-state index contributed by atoms with van der Waals surface area (Å²) < 4.78 is 41.2. The number of nitrogens with zero attached hydrogens (tertiary/aromatic N) is 6. The predicted octanol–water partition coefficient (Wildman–Crippen LogP) is 3.20. The number of aromatic nitrogens is 6. The number of nitrogens with one attached hydrogen (secondary N) is 2. The Morgan fingerprint density at radius 2 is 2.03 bits per heavy atom. The van der Waals surface area contributed by atoms with Crippen molar-refractivity contribution in [3.8, 4) is 11.9 Å². The van der Waals surface area contributed by atoms with Crippen LogP contribution in [0.4, 0.5) is 24.9 Å². The second-order valence-electron chi connectivity index (χ2n) is 6.81. The molecule has 0 spiro atoms. The van der Waals surface area contributed by atoms with E-state index in [2.05, 4.69) is 30.5 Å². The van der Waals surface area contributed by atoms with Crippen LogP contribution in [-0.2, 0) is 6.18 Å². The van der Waals surface area contributed by atoms with Gasteiger partial charge in [-0.15, -0.1) is 0 Å². The van der Waals surface area contributed by atoms with Crippen molar-refractivity contribution < 1.29 is 13.2 Å². The summed E-state index contributed by atoms with van der Waals surface area (Å²) in [4.78, 5) is 24.7. The van der Waals surface area contributed by atoms with Crippen molar-refractivity contribution in [1.29, 1.82) is 5.26 Å². The van der Waals surface area contributed by atoms with E-state index in [0.29, 0.717) is 0 Å². The Hall–Kier alpha value is -4.18. The van der Waals surface area contributed by atoms with Gasteiger partial charge in [-0.1, -0.05) is 17.7 Å². The number of nitrogens with two attached hydrogens (primary N) is 1. The number of anilines is 2. The molecule has 1 aromatic carbocycles. The molecule has 0 bridgehead atoms. The van der Waals surface area contributed by atoms with E-state index in [0.717, 1.165) is 4.57 Å². The number of hydrogen-bond acceptors (Lipinski definition) is 8. The van der Waals surface area contributed by atoms with Gasteiger partial charge in [0.15, 0.2) is 17.3 Å². The van der Waals surface area contributed by atoms with Gasteiger partial charge in [0.05, 0.1) is 22.0 Å². The molecule has 0 saturated carbocycles. The molecular formula is C19H13ClF3N9O. The lowest BCUT2D eigenvalue weighted by molar-refractivity contribution is -0.141. The lowest BCUT2D eigenvalue weighted by atomic mass is 10.2. The number of rotatable bonds is 4. The third-order valence-electron chi connectivity index (χ3n) is 4.63. The second-order valence-corrected chi connectivity index (χ2v) is 7.21. The Labute approximate surface area is 187 Å². The molecule has 3 aromatic heterocycles. The highest BCUT2D eigenvalue weighted by Crippen LogP contribution is 2.34. The fourth-order valence-corrected chi connectivity index (χ4v) is 3.51. The Kier molecular flexibility index (Phi) is 5.38. The first-order chi connectivity index (χ1) is 15.6. The zero-order chi connectivity index (χ0) is 23.9. The summed E-state index contributed by atoms with van der Waals surface area (Å²) in [6.45, 7) is 1.52. The van der Waals surface area contributed by atoms with Crippen molar-refractivity contribution in [3.05, 3.63) is 62.9 Å². The fourth-order valence-electron chi connectivity index (χ4n) is 3.26. The third-order valence-corrected chi connectivity index (χ3v) is 4.95. The molecule has 33 heavy (non-hydrogen) atoms. The summed E-state index contributed by atoms with van der Waals surface area (Å²) in [6.07, 6.45) is -3.45. The summed E-state index contributed by atoms with van der Waals surface area (Å²) in [6, 6.07) is 6.74. The van der Waals surface area contributed by atoms with Gasteiger partial charge in [0, 0.05) is 12.3 Å². The molecule has 0 aliphatic rings. The van der Waals surface area contributed by atoms with Crippen LogP contribution in [0, 0.1) is 11.3 Å². The number of benzene rings is 1. The van der Waals surface area contributed by atoms with Gasteiger partial charge in [-0.25, -0.2) is 14.5 Å². The zero-order valence-corrected chi connectivity index (χ0v) is 17.4. The normalized spacial score (nSPS) is 12.5. The van der Waals surface area contributed by atoms with Crippen molar-refractivity contribution in [2.75, 3.05) is 11.1 Å². The number of halogens is 4. The maximum Gasteiger partial charge on any atom is 0.434 e. The topological polar surface area (TPSA) is 151 Å². The molecule has 14 heteroatoms. The molecule has 0 fully saturated rings. The minimum Gasteiger partial charge on any atom is -0.368 e. The predicted molar refractivity (Wildman–Crippen MR) is 113 cm³/mol. The molecule has 1 atom stereocenters. The van der Waals surface area contributed by atoms with Crippen LogP contribution in [-0.4, -0.2) is 29.7 Å². The van der Waals surface area contributed by atoms with Crippen LogP contribution >= 0.6 is 11.6 Å². The molecule has 0 aliphatic carbocycles. The molecule has 0 radical (unpaired) electrons. The molecule has 0 saturated heterocycles. The summed E-state index contributed by atoms with van der Waals surface area (Å²) >= 11 is 6.20. The van der Waals surface area contributed by atoms with E-state index in [1.54, 1.807) is 12.1 Å². The molecule has 4 rings (SSSR count). The largest absolute Gasteiger partial charge is 0.434 e. The van der Waals surface area contributed by atoms with Crippen LogP contribution in [0.1, 0.15) is 30.0 Å². The molecule has 4 N–H and O–H groups in total. The Bertz CT molecular complexity index is 1460. The Morgan fingerprint density at radius 3 is 2.67 bits per heavy atom. The number of nitrogen functional groups attached to an aromatic ring is 1. The van der Waals surface area contributed by atoms with Crippen LogP contribution in [0.2, 0.25) is 5.02 Å². The quantitative estimate of drug-likeness (QED) is 0.407. The highest BCUT2D eigenvalue weighted by atomic mass is 35.5. The van der Waals surface area contributed by atoms with E-state index in [1.807, 2.05) is 0 Å². The summed E-state index contributed by atoms with van der Waals surface area (Å²) in [7, 11) is 0. The van der Waals surface area contributed by atoms with Crippen molar-refractivity contribution in [2.24, 2.45) is 0 Å². The van der Waals surface area contributed by atoms with E-state index in [9.17, 15) is 23.2 Å². The highest BCUT2D eigenvalue weighted by Gasteiger charge is 2.38. The van der Waals surface area contributed by atoms with Crippen LogP contribution in [0.3, 0.4) is 0 Å². The average molecular weight is 476 g/mol. The minimum absolute atomic E-state index is 0.0801. The van der Waals surface area contributed by atoms with Crippen molar-refractivity contribution in [3.63, 3.8) is 0 Å². The molecule has 168 valence electrons. The first-order valence-corrected chi connectivity index (χ1v) is 9.62. The zero-order valence-electron chi connectivity index (χ0n) is 16.6. The van der Waals surface area contributed by atoms with E-state index < -0.39 is 40.8 Å². The number of hydrogen-bond donors (Lipinski definition) is 3.